The van der Waals surface area contributed by atoms with Crippen molar-refractivity contribution in [1.29, 1.82) is 0 Å². The van der Waals surface area contributed by atoms with Crippen LogP contribution in [0, 0.1) is 0 Å². The fourth-order valence-corrected chi connectivity index (χ4v) is 5.24. The van der Waals surface area contributed by atoms with E-state index in [4.69, 9.17) is 14.2 Å². The number of aromatic hydroxyl groups is 1. The summed E-state index contributed by atoms with van der Waals surface area (Å²) in [5, 5.41) is 10.5. The molecule has 0 radical (unpaired) electrons. The van der Waals surface area contributed by atoms with Crippen molar-refractivity contribution in [2.24, 2.45) is 0 Å². The third-order valence-corrected chi connectivity index (χ3v) is 7.10. The van der Waals surface area contributed by atoms with E-state index in [1.807, 2.05) is 30.3 Å². The average Bonchev–Trinajstić information content (AvgIpc) is 2.89. The topological polar surface area (TPSA) is 71.5 Å². The van der Waals surface area contributed by atoms with Crippen molar-refractivity contribution in [2.75, 3.05) is 44.3 Å². The Bertz CT molecular complexity index is 983. The Morgan fingerprint density at radius 2 is 1.76 bits per heavy atom. The molecular formula is C27H34N2O5. The number of hydrogen-bond donors (Lipinski definition) is 1. The number of nitrogens with zero attached hydrogens (tertiary/aromatic N) is 2. The van der Waals surface area contributed by atoms with Gasteiger partial charge >= 0.3 is 5.97 Å². The summed E-state index contributed by atoms with van der Waals surface area (Å²) in [4.78, 5) is 17.4. The number of anilines is 1. The summed E-state index contributed by atoms with van der Waals surface area (Å²) in [6.45, 7) is 4.77. The van der Waals surface area contributed by atoms with Gasteiger partial charge in [0.1, 0.15) is 19.0 Å². The molecule has 3 heterocycles. The highest BCUT2D eigenvalue weighted by molar-refractivity contribution is 5.74. The number of hydrogen-bond acceptors (Lipinski definition) is 7. The van der Waals surface area contributed by atoms with E-state index in [0.717, 1.165) is 37.2 Å². The molecule has 0 spiro atoms. The number of esters is 1. The van der Waals surface area contributed by atoms with Crippen LogP contribution in [0.15, 0.2) is 42.5 Å². The zero-order chi connectivity index (χ0) is 23.3. The van der Waals surface area contributed by atoms with Crippen LogP contribution in [0.3, 0.4) is 0 Å². The van der Waals surface area contributed by atoms with Gasteiger partial charge in [0, 0.05) is 19.1 Å². The number of phenolic OH excluding ortho intramolecular Hbond substituents is 1. The molecule has 7 nitrogen and oxygen atoms in total. The minimum absolute atomic E-state index is 0.141. The Morgan fingerprint density at radius 1 is 1.00 bits per heavy atom. The highest BCUT2D eigenvalue weighted by Gasteiger charge is 2.27. The molecule has 2 fully saturated rings. The number of piperidine rings is 2. The number of carbonyl (C=O) groups excluding carboxylic acids is 1. The van der Waals surface area contributed by atoms with Crippen molar-refractivity contribution in [1.82, 2.24) is 4.90 Å². The van der Waals surface area contributed by atoms with E-state index in [-0.39, 0.29) is 30.9 Å². The lowest BCUT2D eigenvalue weighted by atomic mass is 9.99. The van der Waals surface area contributed by atoms with Crippen molar-refractivity contribution in [2.45, 2.75) is 50.7 Å². The summed E-state index contributed by atoms with van der Waals surface area (Å²) in [6.07, 6.45) is 6.03. The van der Waals surface area contributed by atoms with Gasteiger partial charge in [0.2, 0.25) is 0 Å². The minimum atomic E-state index is -0.324. The number of benzene rings is 2. The molecule has 5 rings (SSSR count). The van der Waals surface area contributed by atoms with E-state index in [2.05, 4.69) is 9.80 Å². The van der Waals surface area contributed by atoms with Gasteiger partial charge in [0.25, 0.3) is 0 Å². The monoisotopic (exact) mass is 466 g/mol. The summed E-state index contributed by atoms with van der Waals surface area (Å²) in [5.41, 5.74) is 1.64. The van der Waals surface area contributed by atoms with Crippen LogP contribution < -0.4 is 14.4 Å². The molecule has 1 N–H and O–H groups in total. The number of carbonyl (C=O) groups is 1. The van der Waals surface area contributed by atoms with Gasteiger partial charge in [-0.15, -0.1) is 0 Å². The largest absolute Gasteiger partial charge is 0.506 e. The molecule has 182 valence electrons. The van der Waals surface area contributed by atoms with E-state index < -0.39 is 0 Å². The van der Waals surface area contributed by atoms with Gasteiger partial charge in [-0.05, 0) is 68.6 Å². The van der Waals surface area contributed by atoms with Gasteiger partial charge in [-0.2, -0.15) is 0 Å². The van der Waals surface area contributed by atoms with Crippen LogP contribution in [0.25, 0.3) is 0 Å². The van der Waals surface area contributed by atoms with E-state index in [1.165, 1.54) is 32.4 Å². The van der Waals surface area contributed by atoms with E-state index >= 15 is 0 Å². The maximum absolute atomic E-state index is 12.5. The Morgan fingerprint density at radius 3 is 2.56 bits per heavy atom. The summed E-state index contributed by atoms with van der Waals surface area (Å²) in [7, 11) is 0. The van der Waals surface area contributed by atoms with Crippen LogP contribution in [0.2, 0.25) is 0 Å². The van der Waals surface area contributed by atoms with E-state index in [9.17, 15) is 9.90 Å². The number of ether oxygens (including phenoxy) is 3. The maximum Gasteiger partial charge on any atom is 0.310 e. The van der Waals surface area contributed by atoms with Gasteiger partial charge in [0.15, 0.2) is 17.6 Å². The molecular weight excluding hydrogens is 432 g/mol. The normalized spacial score (nSPS) is 21.3. The van der Waals surface area contributed by atoms with Crippen molar-refractivity contribution < 1.29 is 24.1 Å². The molecule has 7 heteroatoms. The first-order valence-corrected chi connectivity index (χ1v) is 12.5. The predicted octanol–water partition coefficient (Wildman–Crippen LogP) is 3.77. The molecule has 2 aromatic rings. The zero-order valence-electron chi connectivity index (χ0n) is 19.7. The third kappa shape index (κ3) is 5.41. The number of likely N-dealkylation sites (tertiary alicyclic amines) is 1. The van der Waals surface area contributed by atoms with Crippen molar-refractivity contribution in [3.8, 4) is 17.2 Å². The lowest BCUT2D eigenvalue weighted by Gasteiger charge is -2.41. The first kappa shape index (κ1) is 22.8. The molecule has 0 amide bonds. The first-order chi connectivity index (χ1) is 16.7. The molecule has 0 bridgehead atoms. The second kappa shape index (κ2) is 10.6. The van der Waals surface area contributed by atoms with Gasteiger partial charge in [-0.1, -0.05) is 24.6 Å². The Hall–Kier alpha value is -2.93. The Kier molecular flexibility index (Phi) is 7.09. The number of para-hydroxylation sites is 2. The van der Waals surface area contributed by atoms with Gasteiger partial charge in [0.05, 0.1) is 12.1 Å². The van der Waals surface area contributed by atoms with Crippen LogP contribution in [0.1, 0.15) is 37.7 Å². The second-order valence-electron chi connectivity index (χ2n) is 9.50. The molecule has 2 saturated heterocycles. The Labute approximate surface area is 201 Å². The van der Waals surface area contributed by atoms with Crippen molar-refractivity contribution in [3.05, 3.63) is 48.0 Å². The summed E-state index contributed by atoms with van der Waals surface area (Å²) in [5.74, 6) is 1.33. The minimum Gasteiger partial charge on any atom is -0.506 e. The number of fused-ring (bicyclic) bond motifs is 1. The van der Waals surface area contributed by atoms with Crippen LogP contribution in [-0.4, -0.2) is 67.5 Å². The standard InChI is InChI=1S/C27H34N2O5/c30-24-9-8-20(16-23(24)29-14-10-21(11-15-29)28-12-4-1-5-13-28)17-27(31)33-19-22-18-32-25-6-2-3-7-26(25)34-22/h2-3,6-9,16,21-22,30H,1,4-5,10-15,17-19H2. The van der Waals surface area contributed by atoms with Gasteiger partial charge in [-0.25, -0.2) is 0 Å². The number of rotatable bonds is 6. The summed E-state index contributed by atoms with van der Waals surface area (Å²) < 4.78 is 17.0. The van der Waals surface area contributed by atoms with Gasteiger partial charge < -0.3 is 29.1 Å². The molecule has 0 aliphatic carbocycles. The summed E-state index contributed by atoms with van der Waals surface area (Å²) >= 11 is 0. The Balaban J connectivity index is 1.12. The van der Waals surface area contributed by atoms with E-state index in [0.29, 0.717) is 24.1 Å². The fraction of sp³-hybridized carbons (Fsp3) is 0.519. The quantitative estimate of drug-likeness (QED) is 0.650. The molecule has 3 aliphatic heterocycles. The highest BCUT2D eigenvalue weighted by Crippen LogP contribution is 2.33. The maximum atomic E-state index is 12.5. The lowest BCUT2D eigenvalue weighted by molar-refractivity contribution is -0.146. The zero-order valence-corrected chi connectivity index (χ0v) is 19.7. The van der Waals surface area contributed by atoms with Crippen LogP contribution in [0.5, 0.6) is 17.2 Å². The van der Waals surface area contributed by atoms with Gasteiger partial charge in [-0.3, -0.25) is 4.79 Å². The van der Waals surface area contributed by atoms with Crippen LogP contribution in [-0.2, 0) is 16.0 Å². The molecule has 2 aromatic carbocycles. The van der Waals surface area contributed by atoms with E-state index in [1.54, 1.807) is 12.1 Å². The highest BCUT2D eigenvalue weighted by atomic mass is 16.6. The number of phenols is 1. The SMILES string of the molecule is O=C(Cc1ccc(O)c(N2CCC(N3CCCCC3)CC2)c1)OCC1COc2ccccc2O1. The third-order valence-electron chi connectivity index (χ3n) is 7.10. The molecule has 34 heavy (non-hydrogen) atoms. The smallest absolute Gasteiger partial charge is 0.310 e. The van der Waals surface area contributed by atoms with Crippen LogP contribution in [0.4, 0.5) is 5.69 Å². The van der Waals surface area contributed by atoms with Crippen molar-refractivity contribution >= 4 is 11.7 Å². The second-order valence-corrected chi connectivity index (χ2v) is 9.50. The molecule has 0 aromatic heterocycles. The first-order valence-electron chi connectivity index (χ1n) is 12.5. The molecule has 3 aliphatic rings. The molecule has 1 atom stereocenters. The summed E-state index contributed by atoms with van der Waals surface area (Å²) in [6, 6.07) is 13.5. The van der Waals surface area contributed by atoms with Crippen molar-refractivity contribution in [3.63, 3.8) is 0 Å². The molecule has 1 unspecified atom stereocenters. The molecule has 0 saturated carbocycles. The fourth-order valence-electron chi connectivity index (χ4n) is 5.24. The predicted molar refractivity (Wildman–Crippen MR) is 130 cm³/mol. The average molecular weight is 467 g/mol. The van der Waals surface area contributed by atoms with Crippen LogP contribution >= 0.6 is 0 Å². The lowest BCUT2D eigenvalue weighted by Crippen LogP contribution is -2.46.